The molecule has 0 unspecified atom stereocenters. The summed E-state index contributed by atoms with van der Waals surface area (Å²) in [5.41, 5.74) is 3.41. The van der Waals surface area contributed by atoms with Crippen molar-refractivity contribution in [3.8, 4) is 10.6 Å². The number of hydrogen-bond acceptors (Lipinski definition) is 6. The van der Waals surface area contributed by atoms with Crippen LogP contribution >= 0.6 is 11.3 Å². The maximum Gasteiger partial charge on any atom is 0.256 e. The molecule has 4 aromatic heterocycles. The zero-order valence-electron chi connectivity index (χ0n) is 19.1. The lowest BCUT2D eigenvalue weighted by molar-refractivity contribution is 0.101. The molecule has 0 saturated heterocycles. The van der Waals surface area contributed by atoms with Crippen molar-refractivity contribution < 1.29 is 9.59 Å². The number of carbonyl (C=O) groups is 2. The summed E-state index contributed by atoms with van der Waals surface area (Å²) in [6.45, 7) is 4.04. The molecule has 1 aromatic carbocycles. The van der Waals surface area contributed by atoms with E-state index >= 15 is 0 Å². The van der Waals surface area contributed by atoms with Crippen LogP contribution in [0, 0.1) is 0 Å². The Morgan fingerprint density at radius 2 is 1.74 bits per heavy atom. The van der Waals surface area contributed by atoms with E-state index in [1.165, 1.54) is 0 Å². The first kappa shape index (κ1) is 22.4. The van der Waals surface area contributed by atoms with E-state index in [9.17, 15) is 9.59 Å². The molecule has 0 aliphatic heterocycles. The zero-order valence-corrected chi connectivity index (χ0v) is 19.9. The topological polar surface area (TPSA) is 102 Å². The van der Waals surface area contributed by atoms with Crippen molar-refractivity contribution in [1.29, 1.82) is 0 Å². The number of nitrogens with zero attached hydrogens (tertiary/aromatic N) is 4. The summed E-state index contributed by atoms with van der Waals surface area (Å²) < 4.78 is 1.81. The molecule has 35 heavy (non-hydrogen) atoms. The van der Waals surface area contributed by atoms with E-state index in [4.69, 9.17) is 4.98 Å². The van der Waals surface area contributed by atoms with Crippen LogP contribution in [0.3, 0.4) is 0 Å². The summed E-state index contributed by atoms with van der Waals surface area (Å²) in [6, 6.07) is 16.0. The minimum absolute atomic E-state index is 0.0880. The Hall–Kier alpha value is -4.37. The van der Waals surface area contributed by atoms with Gasteiger partial charge in [-0.15, -0.1) is 11.3 Å². The Morgan fingerprint density at radius 1 is 0.943 bits per heavy atom. The van der Waals surface area contributed by atoms with Gasteiger partial charge in [0.15, 0.2) is 5.65 Å². The number of nitrogens with one attached hydrogen (secondary N) is 2. The van der Waals surface area contributed by atoms with Crippen LogP contribution in [0.25, 0.3) is 21.6 Å². The molecule has 0 spiro atoms. The van der Waals surface area contributed by atoms with E-state index in [0.29, 0.717) is 39.2 Å². The van der Waals surface area contributed by atoms with Crippen LogP contribution in [0.5, 0.6) is 0 Å². The van der Waals surface area contributed by atoms with Gasteiger partial charge in [-0.2, -0.15) is 5.10 Å². The molecule has 2 N–H and O–H groups in total. The lowest BCUT2D eigenvalue weighted by Crippen LogP contribution is -2.15. The average molecular weight is 483 g/mol. The summed E-state index contributed by atoms with van der Waals surface area (Å²) in [5.74, 6) is -0.581. The number of hydrogen-bond donors (Lipinski definition) is 2. The second kappa shape index (κ2) is 9.47. The molecule has 4 heterocycles. The Kier molecular flexibility index (Phi) is 6.07. The van der Waals surface area contributed by atoms with Crippen molar-refractivity contribution in [3.05, 3.63) is 89.7 Å². The second-order valence-corrected chi connectivity index (χ2v) is 9.13. The summed E-state index contributed by atoms with van der Waals surface area (Å²) in [5, 5.41) is 12.9. The first-order valence-electron chi connectivity index (χ1n) is 11.0. The molecule has 0 radical (unpaired) electrons. The van der Waals surface area contributed by atoms with Crippen molar-refractivity contribution in [1.82, 2.24) is 19.7 Å². The van der Waals surface area contributed by atoms with E-state index < -0.39 is 0 Å². The third-order valence-corrected chi connectivity index (χ3v) is 6.29. The molecule has 9 heteroatoms. The van der Waals surface area contributed by atoms with Crippen LogP contribution in [0.4, 0.5) is 11.4 Å². The van der Waals surface area contributed by atoms with Crippen molar-refractivity contribution in [3.63, 3.8) is 0 Å². The van der Waals surface area contributed by atoms with E-state index in [2.05, 4.69) is 20.7 Å². The van der Waals surface area contributed by atoms with E-state index in [-0.39, 0.29) is 17.9 Å². The third-order valence-electron chi connectivity index (χ3n) is 5.39. The molecule has 5 rings (SSSR count). The Morgan fingerprint density at radius 3 is 2.49 bits per heavy atom. The van der Waals surface area contributed by atoms with Crippen LogP contribution in [0.1, 0.15) is 40.6 Å². The van der Waals surface area contributed by atoms with Gasteiger partial charge in [0.05, 0.1) is 27.7 Å². The molecular weight excluding hydrogens is 460 g/mol. The summed E-state index contributed by atoms with van der Waals surface area (Å²) in [6.07, 6.45) is 4.88. The predicted molar refractivity (Wildman–Crippen MR) is 138 cm³/mol. The van der Waals surface area contributed by atoms with Gasteiger partial charge in [-0.25, -0.2) is 9.67 Å². The van der Waals surface area contributed by atoms with Crippen molar-refractivity contribution >= 4 is 45.6 Å². The number of rotatable bonds is 6. The van der Waals surface area contributed by atoms with Crippen molar-refractivity contribution in [2.24, 2.45) is 0 Å². The maximum atomic E-state index is 13.4. The van der Waals surface area contributed by atoms with E-state index in [1.54, 1.807) is 72.4 Å². The Bertz CT molecular complexity index is 1510. The molecular formula is C26H22N6O2S. The van der Waals surface area contributed by atoms with Gasteiger partial charge in [0.1, 0.15) is 0 Å². The molecule has 0 aliphatic carbocycles. The molecule has 174 valence electrons. The number of amides is 2. The molecule has 2 amide bonds. The van der Waals surface area contributed by atoms with Crippen LogP contribution < -0.4 is 10.6 Å². The van der Waals surface area contributed by atoms with Crippen LogP contribution in [-0.2, 0) is 0 Å². The van der Waals surface area contributed by atoms with Gasteiger partial charge < -0.3 is 10.6 Å². The lowest BCUT2D eigenvalue weighted by atomic mass is 10.1. The van der Waals surface area contributed by atoms with Gasteiger partial charge >= 0.3 is 0 Å². The van der Waals surface area contributed by atoms with Gasteiger partial charge in [-0.1, -0.05) is 12.1 Å². The quantitative estimate of drug-likeness (QED) is 0.326. The summed E-state index contributed by atoms with van der Waals surface area (Å²) in [7, 11) is 0. The van der Waals surface area contributed by atoms with Gasteiger partial charge in [-0.3, -0.25) is 14.6 Å². The molecule has 0 fully saturated rings. The van der Waals surface area contributed by atoms with Gasteiger partial charge in [0.25, 0.3) is 11.8 Å². The monoisotopic (exact) mass is 482 g/mol. The summed E-state index contributed by atoms with van der Waals surface area (Å²) >= 11 is 1.56. The predicted octanol–water partition coefficient (Wildman–Crippen LogP) is 5.64. The number of benzene rings is 1. The average Bonchev–Trinajstić information content (AvgIpc) is 3.54. The highest BCUT2D eigenvalue weighted by molar-refractivity contribution is 7.13. The van der Waals surface area contributed by atoms with Crippen molar-refractivity contribution in [2.45, 2.75) is 19.9 Å². The van der Waals surface area contributed by atoms with Gasteiger partial charge in [0, 0.05) is 35.4 Å². The second-order valence-electron chi connectivity index (χ2n) is 8.18. The van der Waals surface area contributed by atoms with Crippen LogP contribution in [-0.4, -0.2) is 31.6 Å². The van der Waals surface area contributed by atoms with Gasteiger partial charge in [-0.05, 0) is 61.7 Å². The SMILES string of the molecule is CC(C)n1ncc2c(C(=O)Nc3cccc(C(=O)Nc4ccncc4)c3)cc(-c3cccs3)nc21. The highest BCUT2D eigenvalue weighted by Crippen LogP contribution is 2.29. The highest BCUT2D eigenvalue weighted by Gasteiger charge is 2.19. The molecule has 8 nitrogen and oxygen atoms in total. The fourth-order valence-electron chi connectivity index (χ4n) is 3.71. The number of carbonyl (C=O) groups excluding carboxylic acids is 2. The standard InChI is InChI=1S/C26H22N6O2S/c1-16(2)32-24-21(15-28-32)20(14-22(31-24)23-7-4-12-35-23)26(34)30-19-6-3-5-17(13-19)25(33)29-18-8-10-27-11-9-18/h3-16H,1-2H3,(H,30,34)(H,27,29,33). The van der Waals surface area contributed by atoms with Crippen LogP contribution in [0.2, 0.25) is 0 Å². The number of pyridine rings is 2. The number of anilines is 2. The summed E-state index contributed by atoms with van der Waals surface area (Å²) in [4.78, 5) is 35.8. The van der Waals surface area contributed by atoms with Gasteiger partial charge in [0.2, 0.25) is 0 Å². The first-order chi connectivity index (χ1) is 17.0. The molecule has 0 atom stereocenters. The Labute approximate surface area is 205 Å². The first-order valence-corrected chi connectivity index (χ1v) is 11.9. The molecule has 0 bridgehead atoms. The highest BCUT2D eigenvalue weighted by atomic mass is 32.1. The fraction of sp³-hybridized carbons (Fsp3) is 0.115. The molecule has 0 saturated carbocycles. The number of fused-ring (bicyclic) bond motifs is 1. The smallest absolute Gasteiger partial charge is 0.256 e. The van der Waals surface area contributed by atoms with Crippen LogP contribution in [0.15, 0.2) is 78.6 Å². The van der Waals surface area contributed by atoms with E-state index in [1.807, 2.05) is 36.0 Å². The van der Waals surface area contributed by atoms with E-state index in [0.717, 1.165) is 4.88 Å². The lowest BCUT2D eigenvalue weighted by Gasteiger charge is -2.11. The maximum absolute atomic E-state index is 13.4. The fourth-order valence-corrected chi connectivity index (χ4v) is 4.40. The van der Waals surface area contributed by atoms with Crippen molar-refractivity contribution in [2.75, 3.05) is 10.6 Å². The largest absolute Gasteiger partial charge is 0.322 e. The Balaban J connectivity index is 1.46. The molecule has 0 aliphatic rings. The zero-order chi connectivity index (χ0) is 24.4. The minimum atomic E-state index is -0.301. The minimum Gasteiger partial charge on any atom is -0.322 e. The number of thiophene rings is 1. The molecule has 5 aromatic rings. The number of aromatic nitrogens is 4. The normalized spacial score (nSPS) is 11.1. The third kappa shape index (κ3) is 4.67.